The minimum absolute atomic E-state index is 0.419. The van der Waals surface area contributed by atoms with Crippen molar-refractivity contribution >= 4 is 11.4 Å². The highest BCUT2D eigenvalue weighted by Crippen LogP contribution is 2.30. The zero-order chi connectivity index (χ0) is 19.6. The lowest BCUT2D eigenvalue weighted by Gasteiger charge is -2.37. The van der Waals surface area contributed by atoms with Gasteiger partial charge < -0.3 is 9.80 Å². The van der Waals surface area contributed by atoms with Gasteiger partial charge in [-0.05, 0) is 12.1 Å². The van der Waals surface area contributed by atoms with E-state index in [4.69, 9.17) is 0 Å². The van der Waals surface area contributed by atoms with Crippen LogP contribution in [0.3, 0.4) is 0 Å². The van der Waals surface area contributed by atoms with Gasteiger partial charge in [0, 0.05) is 44.1 Å². The predicted octanol–water partition coefficient (Wildman–Crippen LogP) is 2.25. The molecule has 0 radical (unpaired) electrons. The van der Waals surface area contributed by atoms with Gasteiger partial charge in [-0.3, -0.25) is 9.78 Å². The van der Waals surface area contributed by atoms with Crippen LogP contribution in [-0.4, -0.2) is 47.4 Å². The molecule has 0 aromatic carbocycles. The van der Waals surface area contributed by atoms with Crippen LogP contribution >= 0.6 is 0 Å². The number of alkyl halides is 5. The van der Waals surface area contributed by atoms with Crippen molar-refractivity contribution in [3.05, 3.63) is 46.6 Å². The van der Waals surface area contributed by atoms with Crippen LogP contribution in [0.1, 0.15) is 5.69 Å². The van der Waals surface area contributed by atoms with Gasteiger partial charge in [-0.1, -0.05) is 0 Å². The van der Waals surface area contributed by atoms with Crippen LogP contribution in [0.25, 0.3) is 0 Å². The van der Waals surface area contributed by atoms with Crippen LogP contribution in [0, 0.1) is 0 Å². The van der Waals surface area contributed by atoms with E-state index in [9.17, 15) is 26.7 Å². The normalized spacial score (nSPS) is 15.5. The molecule has 0 spiro atoms. The number of pyridine rings is 1. The summed E-state index contributed by atoms with van der Waals surface area (Å²) in [5.41, 5.74) is -0.660. The minimum Gasteiger partial charge on any atom is -0.368 e. The molecule has 6 nitrogen and oxygen atoms in total. The number of aromatic nitrogens is 3. The van der Waals surface area contributed by atoms with Crippen molar-refractivity contribution in [1.29, 1.82) is 0 Å². The molecule has 146 valence electrons. The third-order valence-corrected chi connectivity index (χ3v) is 4.21. The minimum atomic E-state index is -4.51. The summed E-state index contributed by atoms with van der Waals surface area (Å²) < 4.78 is 63.8. The molecule has 3 heterocycles. The van der Waals surface area contributed by atoms with Crippen LogP contribution < -0.4 is 15.4 Å². The highest BCUT2D eigenvalue weighted by Gasteiger charge is 2.33. The Labute approximate surface area is 150 Å². The molecular weight excluding hydrogens is 373 g/mol. The summed E-state index contributed by atoms with van der Waals surface area (Å²) >= 11 is 0. The summed E-state index contributed by atoms with van der Waals surface area (Å²) in [5.74, 6) is 0. The summed E-state index contributed by atoms with van der Waals surface area (Å²) in [5, 5.41) is 3.75. The number of nitrogens with zero attached hydrogens (tertiary/aromatic N) is 5. The summed E-state index contributed by atoms with van der Waals surface area (Å²) in [6, 6.07) is 3.75. The van der Waals surface area contributed by atoms with E-state index >= 15 is 0 Å². The van der Waals surface area contributed by atoms with Gasteiger partial charge in [-0.25, -0.2) is 13.5 Å². The van der Waals surface area contributed by atoms with Gasteiger partial charge in [0.25, 0.3) is 12.0 Å². The fourth-order valence-corrected chi connectivity index (χ4v) is 2.86. The lowest BCUT2D eigenvalue weighted by Crippen LogP contribution is -2.47. The molecule has 0 bridgehead atoms. The maximum absolute atomic E-state index is 12.8. The van der Waals surface area contributed by atoms with E-state index in [-0.39, 0.29) is 0 Å². The number of piperazine rings is 1. The highest BCUT2D eigenvalue weighted by atomic mass is 19.4. The average Bonchev–Trinajstić information content (AvgIpc) is 2.63. The first-order chi connectivity index (χ1) is 12.7. The van der Waals surface area contributed by atoms with Crippen molar-refractivity contribution in [2.75, 3.05) is 36.0 Å². The topological polar surface area (TPSA) is 54.3 Å². The third-order valence-electron chi connectivity index (χ3n) is 4.21. The molecule has 1 aliphatic rings. The van der Waals surface area contributed by atoms with Crippen molar-refractivity contribution in [3.8, 4) is 0 Å². The van der Waals surface area contributed by atoms with Crippen molar-refractivity contribution in [2.45, 2.75) is 19.1 Å². The van der Waals surface area contributed by atoms with Crippen LogP contribution in [0.15, 0.2) is 35.4 Å². The molecule has 0 saturated carbocycles. The second-order valence-electron chi connectivity index (χ2n) is 6.00. The van der Waals surface area contributed by atoms with Gasteiger partial charge in [0.15, 0.2) is 0 Å². The number of anilines is 2. The van der Waals surface area contributed by atoms with E-state index in [1.165, 1.54) is 18.3 Å². The first kappa shape index (κ1) is 19.1. The van der Waals surface area contributed by atoms with Crippen molar-refractivity contribution in [1.82, 2.24) is 14.8 Å². The monoisotopic (exact) mass is 389 g/mol. The molecular formula is C16H16F5N5O. The fourth-order valence-electron chi connectivity index (χ4n) is 2.86. The highest BCUT2D eigenvalue weighted by molar-refractivity contribution is 5.51. The van der Waals surface area contributed by atoms with Gasteiger partial charge in [0.1, 0.15) is 12.2 Å². The zero-order valence-electron chi connectivity index (χ0n) is 14.0. The van der Waals surface area contributed by atoms with Crippen molar-refractivity contribution in [2.24, 2.45) is 0 Å². The quantitative estimate of drug-likeness (QED) is 0.751. The molecule has 0 atom stereocenters. The van der Waals surface area contributed by atoms with E-state index in [0.29, 0.717) is 42.2 Å². The molecule has 1 fully saturated rings. The molecule has 11 heteroatoms. The van der Waals surface area contributed by atoms with E-state index in [1.807, 2.05) is 4.90 Å². The molecule has 0 amide bonds. The zero-order valence-corrected chi connectivity index (χ0v) is 14.0. The Balaban J connectivity index is 1.67. The lowest BCUT2D eigenvalue weighted by molar-refractivity contribution is -0.141. The second kappa shape index (κ2) is 7.49. The number of rotatable bonds is 4. The first-order valence-corrected chi connectivity index (χ1v) is 8.12. The maximum Gasteiger partial charge on any atom is 0.433 e. The molecule has 0 unspecified atom stereocenters. The predicted molar refractivity (Wildman–Crippen MR) is 88.2 cm³/mol. The van der Waals surface area contributed by atoms with E-state index < -0.39 is 30.4 Å². The number of hydrogen-bond acceptors (Lipinski definition) is 5. The van der Waals surface area contributed by atoms with E-state index in [0.717, 1.165) is 12.3 Å². The van der Waals surface area contributed by atoms with Crippen molar-refractivity contribution in [3.63, 3.8) is 0 Å². The van der Waals surface area contributed by atoms with Crippen LogP contribution in [0.4, 0.5) is 33.3 Å². The molecule has 1 aliphatic heterocycles. The Morgan fingerprint density at radius 2 is 1.67 bits per heavy atom. The van der Waals surface area contributed by atoms with E-state index in [1.54, 1.807) is 4.90 Å². The number of halogens is 5. The number of hydrogen-bond donors (Lipinski definition) is 0. The summed E-state index contributed by atoms with van der Waals surface area (Å²) in [6.07, 6.45) is -4.72. The van der Waals surface area contributed by atoms with Crippen LogP contribution in [0.5, 0.6) is 0 Å². The Morgan fingerprint density at radius 3 is 2.22 bits per heavy atom. The Kier molecular flexibility index (Phi) is 5.29. The third kappa shape index (κ3) is 4.52. The van der Waals surface area contributed by atoms with Gasteiger partial charge in [0.2, 0.25) is 0 Å². The largest absolute Gasteiger partial charge is 0.433 e. The second-order valence-corrected chi connectivity index (χ2v) is 6.00. The van der Waals surface area contributed by atoms with Gasteiger partial charge in [-0.15, -0.1) is 0 Å². The van der Waals surface area contributed by atoms with Gasteiger partial charge in [-0.2, -0.15) is 18.3 Å². The first-order valence-electron chi connectivity index (χ1n) is 8.12. The van der Waals surface area contributed by atoms with E-state index in [2.05, 4.69) is 10.1 Å². The Morgan fingerprint density at radius 1 is 1.04 bits per heavy atom. The Bertz CT molecular complexity index is 846. The molecule has 0 N–H and O–H groups in total. The molecule has 3 rings (SSSR count). The fraction of sp³-hybridized carbons (Fsp3) is 0.438. The molecule has 2 aromatic heterocycles. The van der Waals surface area contributed by atoms with Crippen LogP contribution in [0.2, 0.25) is 0 Å². The molecule has 0 aliphatic carbocycles. The molecule has 1 saturated heterocycles. The van der Waals surface area contributed by atoms with Crippen molar-refractivity contribution < 1.29 is 22.0 Å². The average molecular weight is 389 g/mol. The summed E-state index contributed by atoms with van der Waals surface area (Å²) in [6.45, 7) is 0.993. The summed E-state index contributed by atoms with van der Waals surface area (Å²) in [7, 11) is 0. The van der Waals surface area contributed by atoms with Gasteiger partial charge >= 0.3 is 6.18 Å². The Hall–Kier alpha value is -2.72. The molecule has 2 aromatic rings. The standard InChI is InChI=1S/C16H16F5N5O/c17-14(18)10-26-15(27)8-12(9-23-26)25-5-3-24(4-6-25)11-1-2-22-13(7-11)16(19,20)21/h1-2,7-9,14H,3-6,10H2. The smallest absolute Gasteiger partial charge is 0.368 e. The SMILES string of the molecule is O=c1cc(N2CCN(c3ccnc(C(F)(F)F)c3)CC2)cnn1CC(F)F. The van der Waals surface area contributed by atoms with Crippen LogP contribution in [-0.2, 0) is 12.7 Å². The maximum atomic E-state index is 12.8. The summed E-state index contributed by atoms with van der Waals surface area (Å²) in [4.78, 5) is 18.8. The lowest BCUT2D eigenvalue weighted by atomic mass is 10.2. The molecule has 27 heavy (non-hydrogen) atoms. The van der Waals surface area contributed by atoms with Gasteiger partial charge in [0.05, 0.1) is 11.9 Å².